The number of amidine groups is 1. The third-order valence-electron chi connectivity index (χ3n) is 4.53. The van der Waals surface area contributed by atoms with Crippen molar-refractivity contribution in [2.45, 2.75) is 38.4 Å². The number of hydrogen-bond donors (Lipinski definition) is 2. The fourth-order valence-electron chi connectivity index (χ4n) is 3.01. The fraction of sp³-hybridized carbons (Fsp3) is 0.286. The third-order valence-corrected chi connectivity index (χ3v) is 5.61. The summed E-state index contributed by atoms with van der Waals surface area (Å²) in [5, 5.41) is 4.86. The van der Waals surface area contributed by atoms with Gasteiger partial charge in [0.2, 0.25) is 11.8 Å². The lowest BCUT2D eigenvalue weighted by atomic mass is 10.0. The number of aliphatic imine (C=N–C) groups is 1. The van der Waals surface area contributed by atoms with Crippen LogP contribution in [-0.4, -0.2) is 22.2 Å². The Morgan fingerprint density at radius 1 is 1.17 bits per heavy atom. The van der Waals surface area contributed by atoms with Gasteiger partial charge in [-0.15, -0.1) is 0 Å². The van der Waals surface area contributed by atoms with Crippen molar-refractivity contribution in [3.8, 4) is 0 Å². The van der Waals surface area contributed by atoms with Crippen LogP contribution in [0.3, 0.4) is 0 Å². The molecule has 1 aliphatic rings. The average molecular weight is 417 g/mol. The van der Waals surface area contributed by atoms with Crippen molar-refractivity contribution in [3.63, 3.8) is 0 Å². The van der Waals surface area contributed by atoms with E-state index in [1.807, 2.05) is 32.0 Å². The molecule has 152 valence electrons. The van der Waals surface area contributed by atoms with E-state index in [0.717, 1.165) is 41.8 Å². The van der Waals surface area contributed by atoms with Crippen LogP contribution in [0.1, 0.15) is 31.4 Å². The minimum atomic E-state index is -0.868. The predicted molar refractivity (Wildman–Crippen MR) is 111 cm³/mol. The molecule has 0 saturated carbocycles. The van der Waals surface area contributed by atoms with E-state index < -0.39 is 22.8 Å². The van der Waals surface area contributed by atoms with E-state index in [1.165, 1.54) is 11.8 Å². The second kappa shape index (κ2) is 9.17. The van der Waals surface area contributed by atoms with Crippen LogP contribution in [-0.2, 0) is 22.4 Å². The SMILES string of the molecule is CCc1cccc(CC)c1N=C1NC(=O)[C@@H](CC(=O)Nc2ccc(F)cc2F)S1. The Hall–Kier alpha value is -2.74. The van der Waals surface area contributed by atoms with E-state index in [2.05, 4.69) is 15.6 Å². The monoisotopic (exact) mass is 417 g/mol. The van der Waals surface area contributed by atoms with Crippen LogP contribution in [0.4, 0.5) is 20.2 Å². The van der Waals surface area contributed by atoms with Gasteiger partial charge in [-0.05, 0) is 36.1 Å². The summed E-state index contributed by atoms with van der Waals surface area (Å²) in [4.78, 5) is 29.1. The first-order valence-corrected chi connectivity index (χ1v) is 10.2. The molecule has 1 atom stereocenters. The topological polar surface area (TPSA) is 70.6 Å². The lowest BCUT2D eigenvalue weighted by Gasteiger charge is -2.09. The molecule has 0 unspecified atom stereocenters. The summed E-state index contributed by atoms with van der Waals surface area (Å²) in [5.41, 5.74) is 2.89. The maximum Gasteiger partial charge on any atom is 0.240 e. The van der Waals surface area contributed by atoms with E-state index in [1.54, 1.807) is 0 Å². The van der Waals surface area contributed by atoms with Gasteiger partial charge in [-0.1, -0.05) is 43.8 Å². The molecule has 2 amide bonds. The van der Waals surface area contributed by atoms with Crippen molar-refractivity contribution >= 4 is 40.1 Å². The third kappa shape index (κ3) is 5.00. The van der Waals surface area contributed by atoms with Crippen LogP contribution in [0.2, 0.25) is 0 Å². The zero-order chi connectivity index (χ0) is 21.0. The van der Waals surface area contributed by atoms with Crippen molar-refractivity contribution in [2.75, 3.05) is 5.32 Å². The van der Waals surface area contributed by atoms with Crippen LogP contribution < -0.4 is 10.6 Å². The first-order chi connectivity index (χ1) is 13.9. The highest BCUT2D eigenvalue weighted by atomic mass is 32.2. The summed E-state index contributed by atoms with van der Waals surface area (Å²) in [7, 11) is 0. The molecule has 1 fully saturated rings. The van der Waals surface area contributed by atoms with Crippen molar-refractivity contribution in [1.29, 1.82) is 0 Å². The fourth-order valence-corrected chi connectivity index (χ4v) is 3.99. The van der Waals surface area contributed by atoms with Crippen LogP contribution >= 0.6 is 11.8 Å². The number of anilines is 1. The Morgan fingerprint density at radius 3 is 2.48 bits per heavy atom. The second-order valence-electron chi connectivity index (χ2n) is 6.52. The Bertz CT molecular complexity index is 956. The van der Waals surface area contributed by atoms with Crippen molar-refractivity contribution in [2.24, 2.45) is 4.99 Å². The Morgan fingerprint density at radius 2 is 1.86 bits per heavy atom. The first kappa shape index (κ1) is 21.0. The van der Waals surface area contributed by atoms with Crippen molar-refractivity contribution in [1.82, 2.24) is 5.32 Å². The van der Waals surface area contributed by atoms with Gasteiger partial charge in [0.25, 0.3) is 0 Å². The largest absolute Gasteiger partial charge is 0.324 e. The minimum Gasteiger partial charge on any atom is -0.324 e. The highest BCUT2D eigenvalue weighted by Gasteiger charge is 2.32. The molecule has 2 aromatic carbocycles. The molecule has 5 nitrogen and oxygen atoms in total. The number of benzene rings is 2. The van der Waals surface area contributed by atoms with Crippen molar-refractivity contribution < 1.29 is 18.4 Å². The number of rotatable bonds is 6. The molecule has 0 radical (unpaired) electrons. The summed E-state index contributed by atoms with van der Waals surface area (Å²) in [6.07, 6.45) is 1.48. The lowest BCUT2D eigenvalue weighted by Crippen LogP contribution is -2.28. The molecule has 1 heterocycles. The van der Waals surface area contributed by atoms with Gasteiger partial charge in [-0.3, -0.25) is 9.59 Å². The van der Waals surface area contributed by atoms with Gasteiger partial charge in [-0.2, -0.15) is 0 Å². The highest BCUT2D eigenvalue weighted by Crippen LogP contribution is 2.30. The number of carbonyl (C=O) groups is 2. The summed E-state index contributed by atoms with van der Waals surface area (Å²) in [6.45, 7) is 4.08. The van der Waals surface area contributed by atoms with Gasteiger partial charge in [0, 0.05) is 12.5 Å². The molecular formula is C21H21F2N3O2S. The molecule has 8 heteroatoms. The Labute approximate surface area is 172 Å². The van der Waals surface area contributed by atoms with Gasteiger partial charge in [0.05, 0.1) is 11.4 Å². The zero-order valence-corrected chi connectivity index (χ0v) is 16.9. The van der Waals surface area contributed by atoms with Crippen LogP contribution in [0.5, 0.6) is 0 Å². The highest BCUT2D eigenvalue weighted by molar-refractivity contribution is 8.15. The maximum absolute atomic E-state index is 13.7. The van der Waals surface area contributed by atoms with E-state index in [0.29, 0.717) is 11.2 Å². The molecule has 0 spiro atoms. The van der Waals surface area contributed by atoms with E-state index in [-0.39, 0.29) is 18.0 Å². The molecule has 1 saturated heterocycles. The zero-order valence-electron chi connectivity index (χ0n) is 16.1. The smallest absolute Gasteiger partial charge is 0.240 e. The van der Waals surface area contributed by atoms with Gasteiger partial charge < -0.3 is 10.6 Å². The number of aryl methyl sites for hydroxylation is 2. The molecular weight excluding hydrogens is 396 g/mol. The molecule has 3 rings (SSSR count). The summed E-state index contributed by atoms with van der Waals surface area (Å²) < 4.78 is 26.7. The number of nitrogens with zero attached hydrogens (tertiary/aromatic N) is 1. The van der Waals surface area contributed by atoms with E-state index >= 15 is 0 Å². The van der Waals surface area contributed by atoms with Crippen LogP contribution in [0.15, 0.2) is 41.4 Å². The number of carbonyl (C=O) groups excluding carboxylic acids is 2. The maximum atomic E-state index is 13.7. The van der Waals surface area contributed by atoms with E-state index in [4.69, 9.17) is 0 Å². The number of hydrogen-bond acceptors (Lipinski definition) is 4. The number of halogens is 2. The van der Waals surface area contributed by atoms with E-state index in [9.17, 15) is 18.4 Å². The van der Waals surface area contributed by atoms with Crippen LogP contribution in [0.25, 0.3) is 0 Å². The van der Waals surface area contributed by atoms with Crippen molar-refractivity contribution in [3.05, 3.63) is 59.2 Å². The van der Waals surface area contributed by atoms with Gasteiger partial charge in [-0.25, -0.2) is 13.8 Å². The molecule has 0 aromatic heterocycles. The van der Waals surface area contributed by atoms with Gasteiger partial charge in [0.15, 0.2) is 5.17 Å². The molecule has 29 heavy (non-hydrogen) atoms. The standard InChI is InChI=1S/C21H21F2N3O2S/c1-3-12-6-5-7-13(4-2)19(12)25-21-26-20(28)17(29-21)11-18(27)24-16-9-8-14(22)10-15(16)23/h5-10,17H,3-4,11H2,1-2H3,(H,24,27)(H,25,26,28)/t17-/m1/s1. The molecule has 0 bridgehead atoms. The molecule has 2 N–H and O–H groups in total. The summed E-state index contributed by atoms with van der Waals surface area (Å²) in [6, 6.07) is 8.88. The van der Waals surface area contributed by atoms with Crippen LogP contribution in [0, 0.1) is 11.6 Å². The quantitative estimate of drug-likeness (QED) is 0.735. The number of para-hydroxylation sites is 1. The average Bonchev–Trinajstić information content (AvgIpc) is 3.03. The van der Waals surface area contributed by atoms with Gasteiger partial charge in [0.1, 0.15) is 16.9 Å². The molecule has 0 aliphatic carbocycles. The molecule has 1 aliphatic heterocycles. The number of nitrogens with one attached hydrogen (secondary N) is 2. The molecule has 2 aromatic rings. The normalized spacial score (nSPS) is 17.4. The summed E-state index contributed by atoms with van der Waals surface area (Å²) in [5.74, 6) is -2.46. The Balaban J connectivity index is 1.71. The summed E-state index contributed by atoms with van der Waals surface area (Å²) >= 11 is 1.17. The second-order valence-corrected chi connectivity index (χ2v) is 7.71. The van der Waals surface area contributed by atoms with Gasteiger partial charge >= 0.3 is 0 Å². The Kier molecular flexibility index (Phi) is 6.64. The first-order valence-electron chi connectivity index (χ1n) is 9.33. The minimum absolute atomic E-state index is 0.127. The number of amides is 2. The lowest BCUT2D eigenvalue weighted by molar-refractivity contribution is -0.122. The predicted octanol–water partition coefficient (Wildman–Crippen LogP) is 4.34. The number of thioether (sulfide) groups is 1.